The molecule has 0 heterocycles. The number of nitrogens with zero attached hydrogens (tertiary/aromatic N) is 1. The maximum absolute atomic E-state index is 11.8. The topological polar surface area (TPSA) is 139 Å². The van der Waals surface area contributed by atoms with Crippen LogP contribution in [0.5, 0.6) is 0 Å². The number of ketones is 1. The number of carboxylic acid groups (broad SMARTS) is 1. The van der Waals surface area contributed by atoms with Gasteiger partial charge in [-0.05, 0) is 19.3 Å². The van der Waals surface area contributed by atoms with Crippen LogP contribution in [0.25, 0.3) is 0 Å². The van der Waals surface area contributed by atoms with Crippen LogP contribution in [0.15, 0.2) is 0 Å². The number of carbonyl (C=O) groups excluding carboxylic acids is 2. The van der Waals surface area contributed by atoms with Crippen LogP contribution in [0.2, 0.25) is 0 Å². The lowest BCUT2D eigenvalue weighted by atomic mass is 10.1. The van der Waals surface area contributed by atoms with Gasteiger partial charge in [-0.15, -0.1) is 0 Å². The van der Waals surface area contributed by atoms with Gasteiger partial charge in [0, 0.05) is 24.8 Å². The summed E-state index contributed by atoms with van der Waals surface area (Å²) >= 11 is 0. The fourth-order valence-electron chi connectivity index (χ4n) is 1.96. The van der Waals surface area contributed by atoms with Gasteiger partial charge in [0.2, 0.25) is 11.7 Å². The summed E-state index contributed by atoms with van der Waals surface area (Å²) in [6, 6.07) is -2.00. The summed E-state index contributed by atoms with van der Waals surface area (Å²) in [6.45, 7) is 3.30. The molecule has 0 rings (SSSR count). The van der Waals surface area contributed by atoms with Gasteiger partial charge in [-0.2, -0.15) is 0 Å². The zero-order chi connectivity index (χ0) is 17.1. The third-order valence-corrected chi connectivity index (χ3v) is 3.12. The summed E-state index contributed by atoms with van der Waals surface area (Å²) in [4.78, 5) is 43.4. The van der Waals surface area contributed by atoms with Gasteiger partial charge in [-0.3, -0.25) is 19.7 Å². The molecule has 0 unspecified atom stereocenters. The van der Waals surface area contributed by atoms with Gasteiger partial charge >= 0.3 is 6.09 Å². The number of nitrogens with one attached hydrogen (secondary N) is 2. The number of unbranched alkanes of at least 4 members (excludes halogenated alkanes) is 1. The standard InChI is InChI=1S/C13H23N3O6/c1-3-6-10(15-13(19)20)12(18)14-8-5-4-7-11(9(2)17)16(21)22/h10-11,15H,3-8H2,1-2H3,(H,14,18)(H,19,20)/t10-,11-/m0/s1. The van der Waals surface area contributed by atoms with E-state index in [0.717, 1.165) is 0 Å². The molecule has 0 aromatic rings. The molecule has 0 aliphatic carbocycles. The average molecular weight is 317 g/mol. The molecule has 0 aliphatic rings. The predicted molar refractivity (Wildman–Crippen MR) is 78.2 cm³/mol. The van der Waals surface area contributed by atoms with E-state index in [1.165, 1.54) is 6.92 Å². The minimum Gasteiger partial charge on any atom is -0.465 e. The van der Waals surface area contributed by atoms with Gasteiger partial charge in [-0.1, -0.05) is 13.3 Å². The number of hydrogen-bond acceptors (Lipinski definition) is 5. The molecular formula is C13H23N3O6. The maximum atomic E-state index is 11.8. The first-order valence-corrected chi connectivity index (χ1v) is 7.20. The van der Waals surface area contributed by atoms with Gasteiger partial charge in [-0.25, -0.2) is 4.79 Å². The maximum Gasteiger partial charge on any atom is 0.405 e. The average Bonchev–Trinajstić information content (AvgIpc) is 2.40. The van der Waals surface area contributed by atoms with E-state index in [1.807, 2.05) is 6.92 Å². The molecule has 0 aromatic carbocycles. The van der Waals surface area contributed by atoms with Crippen molar-refractivity contribution in [1.29, 1.82) is 0 Å². The molecule has 0 aromatic heterocycles. The zero-order valence-corrected chi connectivity index (χ0v) is 12.8. The van der Waals surface area contributed by atoms with Crippen LogP contribution in [0, 0.1) is 10.1 Å². The number of hydrogen-bond donors (Lipinski definition) is 3. The quantitative estimate of drug-likeness (QED) is 0.294. The molecule has 0 fully saturated rings. The highest BCUT2D eigenvalue weighted by Crippen LogP contribution is 2.05. The Balaban J connectivity index is 4.07. The molecule has 2 atom stereocenters. The molecule has 0 bridgehead atoms. The van der Waals surface area contributed by atoms with Crippen LogP contribution in [0.3, 0.4) is 0 Å². The SMILES string of the molecule is CCC[C@H](NC(=O)O)C(=O)NCCCC[C@@H](C(C)=O)[N+](=O)[O-]. The first-order chi connectivity index (χ1) is 10.3. The lowest BCUT2D eigenvalue weighted by molar-refractivity contribution is -0.508. The van der Waals surface area contributed by atoms with Gasteiger partial charge in [0.25, 0.3) is 6.04 Å². The van der Waals surface area contributed by atoms with Crippen molar-refractivity contribution in [1.82, 2.24) is 10.6 Å². The summed E-state index contributed by atoms with van der Waals surface area (Å²) in [6.07, 6.45) is 0.826. The van der Waals surface area contributed by atoms with Crippen molar-refractivity contribution in [2.75, 3.05) is 6.54 Å². The fourth-order valence-corrected chi connectivity index (χ4v) is 1.96. The molecular weight excluding hydrogens is 294 g/mol. The van der Waals surface area contributed by atoms with E-state index >= 15 is 0 Å². The largest absolute Gasteiger partial charge is 0.465 e. The number of carbonyl (C=O) groups is 3. The smallest absolute Gasteiger partial charge is 0.405 e. The third kappa shape index (κ3) is 8.18. The molecule has 2 amide bonds. The second-order valence-corrected chi connectivity index (χ2v) is 4.99. The lowest BCUT2D eigenvalue weighted by Crippen LogP contribution is -2.46. The second-order valence-electron chi connectivity index (χ2n) is 4.99. The van der Waals surface area contributed by atoms with E-state index in [9.17, 15) is 24.5 Å². The van der Waals surface area contributed by atoms with E-state index in [0.29, 0.717) is 25.7 Å². The van der Waals surface area contributed by atoms with Gasteiger partial charge in [0.05, 0.1) is 0 Å². The molecule has 126 valence electrons. The molecule has 0 saturated carbocycles. The van der Waals surface area contributed by atoms with Crippen LogP contribution < -0.4 is 10.6 Å². The first kappa shape index (κ1) is 19.8. The first-order valence-electron chi connectivity index (χ1n) is 7.20. The Labute approximate surface area is 128 Å². The second kappa shape index (κ2) is 10.5. The van der Waals surface area contributed by atoms with Crippen molar-refractivity contribution >= 4 is 17.8 Å². The molecule has 0 saturated heterocycles. The summed E-state index contributed by atoms with van der Waals surface area (Å²) < 4.78 is 0. The number of Topliss-reactive ketones (excluding diaryl/α,β-unsaturated/α-hetero) is 1. The Morgan fingerprint density at radius 2 is 1.86 bits per heavy atom. The van der Waals surface area contributed by atoms with Gasteiger partial charge in [0.15, 0.2) is 0 Å². The Morgan fingerprint density at radius 1 is 1.23 bits per heavy atom. The summed E-state index contributed by atoms with van der Waals surface area (Å²) in [7, 11) is 0. The van der Waals surface area contributed by atoms with Crippen LogP contribution in [-0.4, -0.2) is 46.4 Å². The van der Waals surface area contributed by atoms with E-state index in [2.05, 4.69) is 10.6 Å². The van der Waals surface area contributed by atoms with E-state index < -0.39 is 34.8 Å². The van der Waals surface area contributed by atoms with Gasteiger partial charge in [0.1, 0.15) is 6.04 Å². The zero-order valence-electron chi connectivity index (χ0n) is 12.8. The van der Waals surface area contributed by atoms with Crippen LogP contribution in [-0.2, 0) is 9.59 Å². The Kier molecular flexibility index (Phi) is 9.48. The van der Waals surface area contributed by atoms with E-state index in [-0.39, 0.29) is 13.0 Å². The van der Waals surface area contributed by atoms with Crippen molar-refractivity contribution < 1.29 is 24.4 Å². The van der Waals surface area contributed by atoms with Crippen LogP contribution in [0.4, 0.5) is 4.79 Å². The van der Waals surface area contributed by atoms with Crippen molar-refractivity contribution in [3.8, 4) is 0 Å². The Hall–Kier alpha value is -2.19. The van der Waals surface area contributed by atoms with Crippen molar-refractivity contribution in [2.24, 2.45) is 0 Å². The third-order valence-electron chi connectivity index (χ3n) is 3.12. The minimum atomic E-state index is -1.26. The van der Waals surface area contributed by atoms with E-state index in [1.54, 1.807) is 0 Å². The Bertz CT molecular complexity index is 399. The highest BCUT2D eigenvalue weighted by atomic mass is 16.6. The summed E-state index contributed by atoms with van der Waals surface area (Å²) in [5, 5.41) is 24.0. The monoisotopic (exact) mass is 317 g/mol. The number of rotatable bonds is 11. The minimum absolute atomic E-state index is 0.129. The number of amides is 2. The fraction of sp³-hybridized carbons (Fsp3) is 0.769. The predicted octanol–water partition coefficient (Wildman–Crippen LogP) is 0.943. The molecule has 0 aliphatic heterocycles. The molecule has 9 heteroatoms. The molecule has 9 nitrogen and oxygen atoms in total. The van der Waals surface area contributed by atoms with Crippen molar-refractivity contribution in [2.45, 2.75) is 58.0 Å². The van der Waals surface area contributed by atoms with Crippen LogP contribution >= 0.6 is 0 Å². The van der Waals surface area contributed by atoms with Crippen molar-refractivity contribution in [3.05, 3.63) is 10.1 Å². The highest BCUT2D eigenvalue weighted by Gasteiger charge is 2.24. The normalized spacial score (nSPS) is 13.0. The molecule has 22 heavy (non-hydrogen) atoms. The van der Waals surface area contributed by atoms with Crippen LogP contribution in [0.1, 0.15) is 46.0 Å². The molecule has 0 radical (unpaired) electrons. The Morgan fingerprint density at radius 3 is 2.32 bits per heavy atom. The molecule has 3 N–H and O–H groups in total. The highest BCUT2D eigenvalue weighted by molar-refractivity contribution is 5.85. The lowest BCUT2D eigenvalue weighted by Gasteiger charge is -2.15. The van der Waals surface area contributed by atoms with Crippen molar-refractivity contribution in [3.63, 3.8) is 0 Å². The van der Waals surface area contributed by atoms with Gasteiger partial charge < -0.3 is 15.7 Å². The summed E-state index contributed by atoms with van der Waals surface area (Å²) in [5.41, 5.74) is 0. The van der Waals surface area contributed by atoms with E-state index in [4.69, 9.17) is 5.11 Å². The summed E-state index contributed by atoms with van der Waals surface area (Å²) in [5.74, 6) is -0.899. The molecule has 0 spiro atoms. The number of nitro groups is 1.